The lowest BCUT2D eigenvalue weighted by Gasteiger charge is -2.17. The second-order valence-electron chi connectivity index (χ2n) is 5.85. The summed E-state index contributed by atoms with van der Waals surface area (Å²) in [4.78, 5) is 14.3. The average molecular weight is 312 g/mol. The molecule has 1 fully saturated rings. The first-order chi connectivity index (χ1) is 11.2. The number of halogens is 1. The van der Waals surface area contributed by atoms with Gasteiger partial charge in [-0.3, -0.25) is 4.79 Å². The highest BCUT2D eigenvalue weighted by molar-refractivity contribution is 5.94. The number of amides is 1. The van der Waals surface area contributed by atoms with Gasteiger partial charge < -0.3 is 10.2 Å². The summed E-state index contributed by atoms with van der Waals surface area (Å²) >= 11 is 0. The molecule has 4 heteroatoms. The third-order valence-electron chi connectivity index (χ3n) is 4.23. The summed E-state index contributed by atoms with van der Waals surface area (Å²) in [6, 6.07) is 14.5. The number of carbonyl (C=O) groups is 1. The molecule has 0 saturated carbocycles. The fourth-order valence-corrected chi connectivity index (χ4v) is 2.91. The molecule has 1 aliphatic heterocycles. The molecule has 23 heavy (non-hydrogen) atoms. The maximum absolute atomic E-state index is 13.5. The Hall–Kier alpha value is -2.36. The van der Waals surface area contributed by atoms with Crippen LogP contribution in [0.3, 0.4) is 0 Å². The van der Waals surface area contributed by atoms with Gasteiger partial charge in [0.05, 0.1) is 5.56 Å². The van der Waals surface area contributed by atoms with E-state index in [1.807, 2.05) is 0 Å². The van der Waals surface area contributed by atoms with Crippen LogP contribution in [0.5, 0.6) is 0 Å². The van der Waals surface area contributed by atoms with Crippen LogP contribution in [0.15, 0.2) is 48.5 Å². The van der Waals surface area contributed by atoms with Gasteiger partial charge in [0, 0.05) is 25.3 Å². The average Bonchev–Trinajstić information content (AvgIpc) is 3.10. The summed E-state index contributed by atoms with van der Waals surface area (Å²) in [7, 11) is 0. The Morgan fingerprint density at radius 2 is 1.74 bits per heavy atom. The van der Waals surface area contributed by atoms with E-state index in [0.717, 1.165) is 19.5 Å². The molecule has 0 radical (unpaired) electrons. The highest BCUT2D eigenvalue weighted by atomic mass is 19.1. The summed E-state index contributed by atoms with van der Waals surface area (Å²) in [5.74, 6) is -0.850. The standard InChI is InChI=1S/C19H21FN2O/c20-18-6-2-1-5-17(18)19(23)21-12-11-15-7-9-16(10-8-15)22-13-3-4-14-22/h1-2,5-10H,3-4,11-14H2,(H,21,23). The van der Waals surface area contributed by atoms with E-state index in [-0.39, 0.29) is 11.5 Å². The van der Waals surface area contributed by atoms with Crippen molar-refractivity contribution in [1.82, 2.24) is 5.32 Å². The van der Waals surface area contributed by atoms with Crippen molar-refractivity contribution in [1.29, 1.82) is 0 Å². The number of nitrogens with one attached hydrogen (secondary N) is 1. The van der Waals surface area contributed by atoms with Crippen LogP contribution < -0.4 is 10.2 Å². The van der Waals surface area contributed by atoms with E-state index in [4.69, 9.17) is 0 Å². The molecular weight excluding hydrogens is 291 g/mol. The Balaban J connectivity index is 1.50. The summed E-state index contributed by atoms with van der Waals surface area (Å²) in [6.07, 6.45) is 3.27. The number of rotatable bonds is 5. The third kappa shape index (κ3) is 3.89. The zero-order valence-electron chi connectivity index (χ0n) is 13.1. The van der Waals surface area contributed by atoms with E-state index in [2.05, 4.69) is 34.5 Å². The van der Waals surface area contributed by atoms with Crippen LogP contribution in [0.4, 0.5) is 10.1 Å². The highest BCUT2D eigenvalue weighted by Crippen LogP contribution is 2.20. The van der Waals surface area contributed by atoms with Crippen LogP contribution in [-0.4, -0.2) is 25.5 Å². The minimum atomic E-state index is -0.486. The van der Waals surface area contributed by atoms with Crippen molar-refractivity contribution in [3.8, 4) is 0 Å². The fourth-order valence-electron chi connectivity index (χ4n) is 2.91. The highest BCUT2D eigenvalue weighted by Gasteiger charge is 2.12. The van der Waals surface area contributed by atoms with Gasteiger partial charge in [0.25, 0.3) is 5.91 Å². The topological polar surface area (TPSA) is 32.3 Å². The lowest BCUT2D eigenvalue weighted by Crippen LogP contribution is -2.26. The summed E-state index contributed by atoms with van der Waals surface area (Å²) in [6.45, 7) is 2.77. The molecule has 3 nitrogen and oxygen atoms in total. The van der Waals surface area contributed by atoms with Gasteiger partial charge in [0.15, 0.2) is 0 Å². The Morgan fingerprint density at radius 3 is 2.43 bits per heavy atom. The molecule has 1 saturated heterocycles. The van der Waals surface area contributed by atoms with Crippen LogP contribution >= 0.6 is 0 Å². The predicted molar refractivity (Wildman–Crippen MR) is 90.3 cm³/mol. The number of benzene rings is 2. The maximum Gasteiger partial charge on any atom is 0.254 e. The molecule has 0 atom stereocenters. The van der Waals surface area contributed by atoms with E-state index in [0.29, 0.717) is 6.54 Å². The zero-order chi connectivity index (χ0) is 16.1. The molecule has 1 heterocycles. The van der Waals surface area contributed by atoms with Crippen LogP contribution in [0.2, 0.25) is 0 Å². The Morgan fingerprint density at radius 1 is 1.04 bits per heavy atom. The molecule has 0 aromatic heterocycles. The van der Waals surface area contributed by atoms with Crippen molar-refractivity contribution in [2.24, 2.45) is 0 Å². The molecule has 2 aromatic carbocycles. The van der Waals surface area contributed by atoms with Crippen molar-refractivity contribution < 1.29 is 9.18 Å². The zero-order valence-corrected chi connectivity index (χ0v) is 13.1. The fraction of sp³-hybridized carbons (Fsp3) is 0.316. The molecule has 3 rings (SSSR count). The van der Waals surface area contributed by atoms with Gasteiger partial charge in [-0.25, -0.2) is 4.39 Å². The third-order valence-corrected chi connectivity index (χ3v) is 4.23. The maximum atomic E-state index is 13.5. The molecule has 0 spiro atoms. The summed E-state index contributed by atoms with van der Waals surface area (Å²) < 4.78 is 13.5. The molecule has 1 N–H and O–H groups in total. The number of nitrogens with zero attached hydrogens (tertiary/aromatic N) is 1. The van der Waals surface area contributed by atoms with Gasteiger partial charge in [-0.05, 0) is 49.1 Å². The van der Waals surface area contributed by atoms with Crippen LogP contribution in [0.1, 0.15) is 28.8 Å². The summed E-state index contributed by atoms with van der Waals surface area (Å²) in [5, 5.41) is 2.77. The van der Waals surface area contributed by atoms with E-state index < -0.39 is 5.82 Å². The number of hydrogen-bond donors (Lipinski definition) is 1. The lowest BCUT2D eigenvalue weighted by atomic mass is 10.1. The Labute approximate surface area is 136 Å². The molecule has 0 unspecified atom stereocenters. The molecule has 2 aromatic rings. The van der Waals surface area contributed by atoms with Crippen LogP contribution in [0, 0.1) is 5.82 Å². The first-order valence-corrected chi connectivity index (χ1v) is 8.10. The largest absolute Gasteiger partial charge is 0.372 e. The smallest absolute Gasteiger partial charge is 0.254 e. The Kier molecular flexibility index (Phi) is 4.91. The Bertz CT molecular complexity index is 663. The molecule has 1 amide bonds. The predicted octanol–water partition coefficient (Wildman–Crippen LogP) is 3.40. The molecule has 1 aliphatic rings. The second-order valence-corrected chi connectivity index (χ2v) is 5.85. The van der Waals surface area contributed by atoms with E-state index in [1.165, 1.54) is 36.2 Å². The molecule has 120 valence electrons. The first kappa shape index (κ1) is 15.5. The van der Waals surface area contributed by atoms with Crippen molar-refractivity contribution in [2.75, 3.05) is 24.5 Å². The monoisotopic (exact) mass is 312 g/mol. The molecule has 0 bridgehead atoms. The minimum absolute atomic E-state index is 0.0943. The van der Waals surface area contributed by atoms with Gasteiger partial charge in [-0.2, -0.15) is 0 Å². The second kappa shape index (κ2) is 7.27. The first-order valence-electron chi connectivity index (χ1n) is 8.10. The normalized spacial score (nSPS) is 14.0. The van der Waals surface area contributed by atoms with E-state index in [9.17, 15) is 9.18 Å². The SMILES string of the molecule is O=C(NCCc1ccc(N2CCCC2)cc1)c1ccccc1F. The quantitative estimate of drug-likeness (QED) is 0.918. The van der Waals surface area contributed by atoms with Crippen molar-refractivity contribution >= 4 is 11.6 Å². The van der Waals surface area contributed by atoms with Crippen molar-refractivity contribution in [3.05, 3.63) is 65.5 Å². The van der Waals surface area contributed by atoms with Crippen molar-refractivity contribution in [3.63, 3.8) is 0 Å². The lowest BCUT2D eigenvalue weighted by molar-refractivity contribution is 0.0950. The van der Waals surface area contributed by atoms with Gasteiger partial charge >= 0.3 is 0 Å². The number of hydrogen-bond acceptors (Lipinski definition) is 2. The molecule has 0 aliphatic carbocycles. The minimum Gasteiger partial charge on any atom is -0.372 e. The van der Waals surface area contributed by atoms with Gasteiger partial charge in [-0.1, -0.05) is 24.3 Å². The molecular formula is C19H21FN2O. The number of anilines is 1. The van der Waals surface area contributed by atoms with E-state index in [1.54, 1.807) is 12.1 Å². The van der Waals surface area contributed by atoms with E-state index >= 15 is 0 Å². The van der Waals surface area contributed by atoms with Crippen LogP contribution in [-0.2, 0) is 6.42 Å². The van der Waals surface area contributed by atoms with Crippen LogP contribution in [0.25, 0.3) is 0 Å². The van der Waals surface area contributed by atoms with Gasteiger partial charge in [0.1, 0.15) is 5.82 Å². The number of carbonyl (C=O) groups excluding carboxylic acids is 1. The van der Waals surface area contributed by atoms with Gasteiger partial charge in [0.2, 0.25) is 0 Å². The van der Waals surface area contributed by atoms with Gasteiger partial charge in [-0.15, -0.1) is 0 Å². The van der Waals surface area contributed by atoms with Crippen molar-refractivity contribution in [2.45, 2.75) is 19.3 Å². The summed E-state index contributed by atoms with van der Waals surface area (Å²) in [5.41, 5.74) is 2.53.